The zero-order valence-corrected chi connectivity index (χ0v) is 21.5. The topological polar surface area (TPSA) is 97.9 Å². The summed E-state index contributed by atoms with van der Waals surface area (Å²) in [5, 5.41) is 8.55. The number of carboxylic acid groups (broad SMARTS) is 1. The summed E-state index contributed by atoms with van der Waals surface area (Å²) in [5.41, 5.74) is -0.596. The van der Waals surface area contributed by atoms with E-state index >= 15 is 0 Å². The fourth-order valence-electron chi connectivity index (χ4n) is 5.57. The van der Waals surface area contributed by atoms with E-state index < -0.39 is 11.9 Å². The Morgan fingerprint density at radius 2 is 1.71 bits per heavy atom. The monoisotopic (exact) mass is 488 g/mol. The molecule has 1 saturated carbocycles. The van der Waals surface area contributed by atoms with Crippen LogP contribution in [0.15, 0.2) is 48.6 Å². The normalized spacial score (nSPS) is 36.8. The van der Waals surface area contributed by atoms with Crippen LogP contribution in [0.2, 0.25) is 0 Å². The first-order chi connectivity index (χ1) is 16.7. The Kier molecular flexibility index (Phi) is 9.13. The van der Waals surface area contributed by atoms with E-state index in [4.69, 9.17) is 24.1 Å². The second kappa shape index (κ2) is 11.7. The van der Waals surface area contributed by atoms with Crippen LogP contribution >= 0.6 is 0 Å². The number of ether oxygens (including phenoxy) is 4. The first-order valence-corrected chi connectivity index (χ1v) is 12.6. The smallest absolute Gasteiger partial charge is 0.331 e. The van der Waals surface area contributed by atoms with Crippen LogP contribution in [0.25, 0.3) is 0 Å². The molecule has 2 heterocycles. The average Bonchev–Trinajstić information content (AvgIpc) is 3.71. The molecule has 1 unspecified atom stereocenters. The minimum Gasteiger partial charge on any atom is -0.478 e. The number of aliphatic carboxylic acids is 1. The van der Waals surface area contributed by atoms with Gasteiger partial charge in [0, 0.05) is 25.2 Å². The molecule has 3 aliphatic rings. The molecule has 3 rings (SSSR count). The Balaban J connectivity index is 1.66. The van der Waals surface area contributed by atoms with Crippen LogP contribution < -0.4 is 0 Å². The van der Waals surface area contributed by atoms with E-state index in [1.165, 1.54) is 12.2 Å². The van der Waals surface area contributed by atoms with Crippen molar-refractivity contribution in [2.75, 3.05) is 13.7 Å². The van der Waals surface area contributed by atoms with Gasteiger partial charge in [-0.15, -0.1) is 0 Å². The average molecular weight is 489 g/mol. The fraction of sp³-hybridized carbons (Fsp3) is 0.643. The number of carbonyl (C=O) groups excluding carboxylic acids is 1. The Bertz CT molecular complexity index is 867. The van der Waals surface area contributed by atoms with Crippen molar-refractivity contribution in [1.82, 2.24) is 0 Å². The van der Waals surface area contributed by atoms with Gasteiger partial charge in [0.1, 0.15) is 23.4 Å². The summed E-state index contributed by atoms with van der Waals surface area (Å²) in [5.74, 6) is -0.648. The van der Waals surface area contributed by atoms with Crippen molar-refractivity contribution < 1.29 is 33.6 Å². The number of carbonyl (C=O) groups is 2. The highest BCUT2D eigenvalue weighted by molar-refractivity contribution is 5.82. The second-order valence-corrected chi connectivity index (χ2v) is 10.4. The van der Waals surface area contributed by atoms with Gasteiger partial charge in [-0.3, -0.25) is 0 Å². The highest BCUT2D eigenvalue weighted by atomic mass is 16.6. The van der Waals surface area contributed by atoms with E-state index in [-0.39, 0.29) is 41.3 Å². The molecule has 1 aliphatic carbocycles. The van der Waals surface area contributed by atoms with Gasteiger partial charge in [-0.05, 0) is 38.5 Å². The third-order valence-corrected chi connectivity index (χ3v) is 7.48. The van der Waals surface area contributed by atoms with E-state index in [0.717, 1.165) is 31.8 Å². The SMILES string of the molecule is CC[C@@H]1C[C@]2(CO2)[C@@H](C2(C)O[C@@H]2CCC(C)C)[C@H](OC)[C@@H]1OC(=O)/C=C/C=C/C=C/C=C/C(=O)O. The van der Waals surface area contributed by atoms with Gasteiger partial charge >= 0.3 is 11.9 Å². The van der Waals surface area contributed by atoms with Gasteiger partial charge in [0.15, 0.2) is 0 Å². The standard InChI is InChI=1S/C28H40O7/c1-6-20-17-28(18-33-28)26(27(4)21(35-27)16-15-19(2)3)25(32-5)24(20)34-23(31)14-12-10-8-7-9-11-13-22(29)30/h7-14,19-21,24-26H,6,15-18H2,1-5H3,(H,29,30)/b9-7+,10-8+,13-11+,14-12+/t20-,21-,24-,25-,26-,27?,28+/m1/s1. The number of esters is 1. The molecule has 0 aromatic heterocycles. The van der Waals surface area contributed by atoms with Gasteiger partial charge in [0.2, 0.25) is 0 Å². The molecule has 0 amide bonds. The number of epoxide rings is 2. The van der Waals surface area contributed by atoms with Crippen LogP contribution in [0, 0.1) is 17.8 Å². The third-order valence-electron chi connectivity index (χ3n) is 7.48. The van der Waals surface area contributed by atoms with Crippen molar-refractivity contribution in [2.24, 2.45) is 17.8 Å². The number of carboxylic acids is 1. The minimum atomic E-state index is -1.00. The maximum absolute atomic E-state index is 12.7. The first-order valence-electron chi connectivity index (χ1n) is 12.6. The van der Waals surface area contributed by atoms with Crippen molar-refractivity contribution >= 4 is 11.9 Å². The molecule has 0 bridgehead atoms. The lowest BCUT2D eigenvalue weighted by molar-refractivity contribution is -0.178. The minimum absolute atomic E-state index is 0.00521. The highest BCUT2D eigenvalue weighted by Gasteiger charge is 2.73. The molecule has 194 valence electrons. The van der Waals surface area contributed by atoms with Crippen molar-refractivity contribution in [1.29, 1.82) is 0 Å². The van der Waals surface area contributed by atoms with Gasteiger partial charge in [0.25, 0.3) is 0 Å². The van der Waals surface area contributed by atoms with E-state index in [9.17, 15) is 9.59 Å². The van der Waals surface area contributed by atoms with Crippen LogP contribution in [0.3, 0.4) is 0 Å². The Morgan fingerprint density at radius 1 is 1.09 bits per heavy atom. The fourth-order valence-corrected chi connectivity index (χ4v) is 5.57. The summed E-state index contributed by atoms with van der Waals surface area (Å²) in [6, 6.07) is 0. The van der Waals surface area contributed by atoms with E-state index in [2.05, 4.69) is 27.7 Å². The lowest BCUT2D eigenvalue weighted by Crippen LogP contribution is -2.59. The molecule has 7 atom stereocenters. The second-order valence-electron chi connectivity index (χ2n) is 10.4. The summed E-state index contributed by atoms with van der Waals surface area (Å²) in [4.78, 5) is 23.1. The van der Waals surface area contributed by atoms with Gasteiger partial charge < -0.3 is 24.1 Å². The van der Waals surface area contributed by atoms with Crippen LogP contribution in [0.5, 0.6) is 0 Å². The van der Waals surface area contributed by atoms with Gasteiger partial charge in [-0.1, -0.05) is 57.2 Å². The molecular formula is C28H40O7. The Morgan fingerprint density at radius 3 is 2.26 bits per heavy atom. The molecule has 35 heavy (non-hydrogen) atoms. The van der Waals surface area contributed by atoms with Crippen LogP contribution in [0.1, 0.15) is 53.4 Å². The number of hydrogen-bond donors (Lipinski definition) is 1. The van der Waals surface area contributed by atoms with Crippen molar-refractivity contribution in [2.45, 2.75) is 82.9 Å². The van der Waals surface area contributed by atoms with Crippen molar-refractivity contribution in [3.8, 4) is 0 Å². The van der Waals surface area contributed by atoms with Crippen molar-refractivity contribution in [3.63, 3.8) is 0 Å². The lowest BCUT2D eigenvalue weighted by Gasteiger charge is -2.46. The van der Waals surface area contributed by atoms with Crippen molar-refractivity contribution in [3.05, 3.63) is 48.6 Å². The van der Waals surface area contributed by atoms with Crippen LogP contribution in [-0.2, 0) is 28.5 Å². The first kappa shape index (κ1) is 27.4. The number of methoxy groups -OCH3 is 1. The summed E-state index contributed by atoms with van der Waals surface area (Å²) < 4.78 is 24.4. The van der Waals surface area contributed by atoms with Crippen LogP contribution in [-0.4, -0.2) is 60.3 Å². The number of rotatable bonds is 12. The number of hydrogen-bond acceptors (Lipinski definition) is 6. The molecule has 0 aromatic rings. The van der Waals surface area contributed by atoms with Gasteiger partial charge in [-0.25, -0.2) is 9.59 Å². The molecule has 7 nitrogen and oxygen atoms in total. The molecular weight excluding hydrogens is 448 g/mol. The molecule has 7 heteroatoms. The molecule has 3 fully saturated rings. The predicted molar refractivity (Wildman–Crippen MR) is 133 cm³/mol. The maximum atomic E-state index is 12.7. The Hall–Kier alpha value is -2.22. The number of allylic oxidation sites excluding steroid dienone is 6. The zero-order valence-electron chi connectivity index (χ0n) is 21.5. The van der Waals surface area contributed by atoms with Crippen LogP contribution in [0.4, 0.5) is 0 Å². The quantitative estimate of drug-likeness (QED) is 0.185. The summed E-state index contributed by atoms with van der Waals surface area (Å²) >= 11 is 0. The molecule has 0 radical (unpaired) electrons. The van der Waals surface area contributed by atoms with E-state index in [1.807, 2.05) is 0 Å². The predicted octanol–water partition coefficient (Wildman–Crippen LogP) is 4.63. The highest BCUT2D eigenvalue weighted by Crippen LogP contribution is 2.61. The van der Waals surface area contributed by atoms with Gasteiger partial charge in [0.05, 0.1) is 18.6 Å². The molecule has 1 N–H and O–H groups in total. The lowest BCUT2D eigenvalue weighted by atomic mass is 9.64. The maximum Gasteiger partial charge on any atom is 0.331 e. The summed E-state index contributed by atoms with van der Waals surface area (Å²) in [6.07, 6.45) is 15.4. The largest absolute Gasteiger partial charge is 0.478 e. The Labute approximate surface area is 208 Å². The van der Waals surface area contributed by atoms with E-state index in [1.54, 1.807) is 37.5 Å². The summed E-state index contributed by atoms with van der Waals surface area (Å²) in [7, 11) is 1.69. The zero-order chi connectivity index (χ0) is 25.6. The molecule has 2 aliphatic heterocycles. The molecule has 0 aromatic carbocycles. The third kappa shape index (κ3) is 6.72. The van der Waals surface area contributed by atoms with Gasteiger partial charge in [-0.2, -0.15) is 0 Å². The summed E-state index contributed by atoms with van der Waals surface area (Å²) in [6.45, 7) is 9.41. The molecule has 2 saturated heterocycles. The molecule has 1 spiro atoms. The van der Waals surface area contributed by atoms with E-state index in [0.29, 0.717) is 12.5 Å².